The van der Waals surface area contributed by atoms with Crippen molar-refractivity contribution < 1.29 is 0 Å². The third kappa shape index (κ3) is 1.25. The zero-order valence-electron chi connectivity index (χ0n) is 9.64. The Morgan fingerprint density at radius 2 is 1.85 bits per heavy atom. The molecular weight excluding hydrogens is 156 g/mol. The molecule has 3 unspecified atom stereocenters. The van der Waals surface area contributed by atoms with Crippen LogP contribution in [0.5, 0.6) is 0 Å². The highest BCUT2D eigenvalue weighted by Crippen LogP contribution is 2.63. The molecule has 2 saturated carbocycles. The van der Waals surface area contributed by atoms with Crippen molar-refractivity contribution in [2.24, 2.45) is 29.1 Å². The van der Waals surface area contributed by atoms with Gasteiger partial charge in [0.15, 0.2) is 0 Å². The highest BCUT2D eigenvalue weighted by Gasteiger charge is 2.53. The van der Waals surface area contributed by atoms with E-state index in [-0.39, 0.29) is 0 Å². The molecule has 13 heavy (non-hydrogen) atoms. The maximum Gasteiger partial charge on any atom is -0.0241 e. The van der Waals surface area contributed by atoms with Gasteiger partial charge in [-0.1, -0.05) is 27.7 Å². The van der Waals surface area contributed by atoms with Crippen molar-refractivity contribution in [3.8, 4) is 0 Å². The van der Waals surface area contributed by atoms with Crippen LogP contribution in [0.3, 0.4) is 0 Å². The minimum absolute atomic E-state index is 0.749. The Kier molecular flexibility index (Phi) is 2.20. The number of fused-ring (bicyclic) bond motifs is 2. The van der Waals surface area contributed by atoms with E-state index in [4.69, 9.17) is 0 Å². The Hall–Kier alpha value is 0. The van der Waals surface area contributed by atoms with Gasteiger partial charge in [-0.2, -0.15) is 0 Å². The Labute approximate surface area is 83.1 Å². The minimum atomic E-state index is 0.749. The number of rotatable bonds is 2. The Bertz CT molecular complexity index is 192. The molecule has 0 saturated heterocycles. The minimum Gasteiger partial charge on any atom is -0.0625 e. The van der Waals surface area contributed by atoms with Crippen molar-refractivity contribution >= 4 is 0 Å². The molecule has 0 aromatic heterocycles. The quantitative estimate of drug-likeness (QED) is 0.600. The van der Waals surface area contributed by atoms with E-state index in [0.29, 0.717) is 0 Å². The summed E-state index contributed by atoms with van der Waals surface area (Å²) in [6.45, 7) is 9.75. The van der Waals surface area contributed by atoms with Crippen LogP contribution in [-0.2, 0) is 0 Å². The van der Waals surface area contributed by atoms with Gasteiger partial charge in [0.1, 0.15) is 0 Å². The first-order valence-electron chi connectivity index (χ1n) is 6.06. The van der Waals surface area contributed by atoms with Gasteiger partial charge in [0.05, 0.1) is 0 Å². The highest BCUT2D eigenvalue weighted by molar-refractivity contribution is 5.03. The van der Waals surface area contributed by atoms with E-state index in [2.05, 4.69) is 27.7 Å². The van der Waals surface area contributed by atoms with Crippen molar-refractivity contribution in [2.75, 3.05) is 0 Å². The van der Waals surface area contributed by atoms with E-state index < -0.39 is 0 Å². The molecule has 0 heterocycles. The van der Waals surface area contributed by atoms with Crippen LogP contribution in [0.4, 0.5) is 0 Å². The molecule has 0 aliphatic heterocycles. The second-order valence-electron chi connectivity index (χ2n) is 6.08. The molecule has 2 rings (SSSR count). The summed E-state index contributed by atoms with van der Waals surface area (Å²) in [6.07, 6.45) is 6.14. The predicted molar refractivity (Wildman–Crippen MR) is 57.6 cm³/mol. The molecule has 0 N–H and O–H groups in total. The predicted octanol–water partition coefficient (Wildman–Crippen LogP) is 4.10. The van der Waals surface area contributed by atoms with E-state index in [0.717, 1.165) is 29.1 Å². The lowest BCUT2D eigenvalue weighted by atomic mass is 9.64. The topological polar surface area (TPSA) is 0 Å². The third-order valence-electron chi connectivity index (χ3n) is 4.97. The highest BCUT2D eigenvalue weighted by atomic mass is 14.6. The van der Waals surface area contributed by atoms with Crippen LogP contribution < -0.4 is 0 Å². The fraction of sp³-hybridized carbons (Fsp3) is 1.00. The van der Waals surface area contributed by atoms with Crippen LogP contribution in [-0.4, -0.2) is 0 Å². The first kappa shape index (κ1) is 9.55. The Morgan fingerprint density at radius 3 is 2.23 bits per heavy atom. The van der Waals surface area contributed by atoms with E-state index in [1.807, 2.05) is 0 Å². The summed E-state index contributed by atoms with van der Waals surface area (Å²) in [5.74, 6) is 3.95. The van der Waals surface area contributed by atoms with Gasteiger partial charge in [-0.3, -0.25) is 0 Å². The molecule has 0 amide bonds. The summed E-state index contributed by atoms with van der Waals surface area (Å²) < 4.78 is 0. The van der Waals surface area contributed by atoms with Crippen molar-refractivity contribution in [1.29, 1.82) is 0 Å². The average Bonchev–Trinajstić information content (AvgIpc) is 2.60. The second kappa shape index (κ2) is 3.00. The lowest BCUT2D eigenvalue weighted by Crippen LogP contribution is -2.33. The molecule has 2 bridgehead atoms. The summed E-state index contributed by atoms with van der Waals surface area (Å²) in [6, 6.07) is 0. The maximum absolute atomic E-state index is 2.45. The van der Waals surface area contributed by atoms with E-state index in [1.165, 1.54) is 19.3 Å². The molecule has 76 valence electrons. The standard InChI is InChI=1S/C13H24/c1-9(2)12-7-11-5-6-13(12,8-11)10(3)4/h9-12H,5-8H2,1-4H3. The van der Waals surface area contributed by atoms with Gasteiger partial charge in [-0.05, 0) is 54.8 Å². The van der Waals surface area contributed by atoms with E-state index in [1.54, 1.807) is 6.42 Å². The van der Waals surface area contributed by atoms with Crippen molar-refractivity contribution in [1.82, 2.24) is 0 Å². The van der Waals surface area contributed by atoms with Crippen LogP contribution in [0, 0.1) is 29.1 Å². The van der Waals surface area contributed by atoms with E-state index >= 15 is 0 Å². The van der Waals surface area contributed by atoms with Crippen LogP contribution >= 0.6 is 0 Å². The summed E-state index contributed by atoms with van der Waals surface area (Å²) in [5.41, 5.74) is 0.749. The molecule has 0 heteroatoms. The van der Waals surface area contributed by atoms with Gasteiger partial charge in [0.25, 0.3) is 0 Å². The van der Waals surface area contributed by atoms with Crippen LogP contribution in [0.15, 0.2) is 0 Å². The van der Waals surface area contributed by atoms with Gasteiger partial charge in [0, 0.05) is 0 Å². The fourth-order valence-electron chi connectivity index (χ4n) is 4.23. The molecule has 0 nitrogen and oxygen atoms in total. The van der Waals surface area contributed by atoms with Gasteiger partial charge >= 0.3 is 0 Å². The third-order valence-corrected chi connectivity index (χ3v) is 4.97. The molecule has 3 atom stereocenters. The smallest absolute Gasteiger partial charge is 0.0241 e. The second-order valence-corrected chi connectivity index (χ2v) is 6.08. The zero-order chi connectivity index (χ0) is 9.64. The largest absolute Gasteiger partial charge is 0.0625 e. The summed E-state index contributed by atoms with van der Waals surface area (Å²) >= 11 is 0. The number of hydrogen-bond acceptors (Lipinski definition) is 0. The maximum atomic E-state index is 2.45. The van der Waals surface area contributed by atoms with Crippen LogP contribution in [0.2, 0.25) is 0 Å². The molecule has 2 aliphatic rings. The first-order valence-corrected chi connectivity index (χ1v) is 6.06. The summed E-state index contributed by atoms with van der Waals surface area (Å²) in [7, 11) is 0. The van der Waals surface area contributed by atoms with Gasteiger partial charge in [0.2, 0.25) is 0 Å². The molecule has 0 radical (unpaired) electrons. The first-order chi connectivity index (χ1) is 6.06. The monoisotopic (exact) mass is 180 g/mol. The fourth-order valence-corrected chi connectivity index (χ4v) is 4.23. The number of hydrogen-bond donors (Lipinski definition) is 0. The van der Waals surface area contributed by atoms with Crippen molar-refractivity contribution in [3.63, 3.8) is 0 Å². The SMILES string of the molecule is CC(C)C1CC2CCC1(C(C)C)C2. The molecular formula is C13H24. The van der Waals surface area contributed by atoms with Gasteiger partial charge in [-0.25, -0.2) is 0 Å². The van der Waals surface area contributed by atoms with Crippen LogP contribution in [0.1, 0.15) is 53.4 Å². The van der Waals surface area contributed by atoms with Crippen molar-refractivity contribution in [3.05, 3.63) is 0 Å². The lowest BCUT2D eigenvalue weighted by Gasteiger charge is -2.41. The Balaban J connectivity index is 2.22. The molecule has 0 spiro atoms. The molecule has 2 fully saturated rings. The molecule has 0 aromatic carbocycles. The van der Waals surface area contributed by atoms with Gasteiger partial charge in [-0.15, -0.1) is 0 Å². The summed E-state index contributed by atoms with van der Waals surface area (Å²) in [5, 5.41) is 0. The average molecular weight is 180 g/mol. The lowest BCUT2D eigenvalue weighted by molar-refractivity contribution is 0.0802. The summed E-state index contributed by atoms with van der Waals surface area (Å²) in [4.78, 5) is 0. The normalized spacial score (nSPS) is 43.8. The van der Waals surface area contributed by atoms with Crippen molar-refractivity contribution in [2.45, 2.75) is 53.4 Å². The van der Waals surface area contributed by atoms with Gasteiger partial charge < -0.3 is 0 Å². The molecule has 2 aliphatic carbocycles. The molecule has 0 aromatic rings. The van der Waals surface area contributed by atoms with E-state index in [9.17, 15) is 0 Å². The Morgan fingerprint density at radius 1 is 1.15 bits per heavy atom. The van der Waals surface area contributed by atoms with Crippen LogP contribution in [0.25, 0.3) is 0 Å². The zero-order valence-corrected chi connectivity index (χ0v) is 9.64.